The van der Waals surface area contributed by atoms with Gasteiger partial charge in [-0.3, -0.25) is 4.90 Å². The van der Waals surface area contributed by atoms with Crippen LogP contribution in [0.15, 0.2) is 30.3 Å². The zero-order chi connectivity index (χ0) is 13.7. The van der Waals surface area contributed by atoms with Crippen molar-refractivity contribution in [2.24, 2.45) is 5.92 Å². The monoisotopic (exact) mass is 251 g/mol. The number of hydrogen-bond donors (Lipinski definition) is 2. The molecule has 98 valence electrons. The molecular weight excluding hydrogens is 234 g/mol. The summed E-state index contributed by atoms with van der Waals surface area (Å²) in [6.45, 7) is 3.46. The summed E-state index contributed by atoms with van der Waals surface area (Å²) >= 11 is 0. The third-order valence-electron chi connectivity index (χ3n) is 2.66. The number of carboxylic acid groups (broad SMARTS) is 2. The van der Waals surface area contributed by atoms with E-state index in [-0.39, 0.29) is 12.5 Å². The number of aliphatic carboxylic acids is 1. The van der Waals surface area contributed by atoms with Crippen LogP contribution in [-0.4, -0.2) is 33.2 Å². The van der Waals surface area contributed by atoms with Gasteiger partial charge in [0.2, 0.25) is 0 Å². The molecule has 0 aliphatic heterocycles. The fourth-order valence-corrected chi connectivity index (χ4v) is 1.84. The van der Waals surface area contributed by atoms with Gasteiger partial charge in [0.05, 0.1) is 0 Å². The van der Waals surface area contributed by atoms with Gasteiger partial charge in [-0.2, -0.15) is 0 Å². The second kappa shape index (κ2) is 6.05. The maximum Gasteiger partial charge on any atom is 0.408 e. The summed E-state index contributed by atoms with van der Waals surface area (Å²) in [4.78, 5) is 23.3. The lowest BCUT2D eigenvalue weighted by Gasteiger charge is -2.29. The van der Waals surface area contributed by atoms with Crippen molar-refractivity contribution in [3.05, 3.63) is 35.9 Å². The van der Waals surface area contributed by atoms with Gasteiger partial charge >= 0.3 is 12.1 Å². The van der Waals surface area contributed by atoms with E-state index in [1.165, 1.54) is 0 Å². The molecule has 0 heterocycles. The van der Waals surface area contributed by atoms with Crippen molar-refractivity contribution in [1.82, 2.24) is 4.90 Å². The Morgan fingerprint density at radius 1 is 1.17 bits per heavy atom. The molecule has 0 aliphatic rings. The van der Waals surface area contributed by atoms with Crippen LogP contribution >= 0.6 is 0 Å². The van der Waals surface area contributed by atoms with Crippen molar-refractivity contribution in [1.29, 1.82) is 0 Å². The third-order valence-corrected chi connectivity index (χ3v) is 2.66. The summed E-state index contributed by atoms with van der Waals surface area (Å²) in [5.41, 5.74) is 0.770. The van der Waals surface area contributed by atoms with Gasteiger partial charge in [0.25, 0.3) is 0 Å². The van der Waals surface area contributed by atoms with E-state index in [1.807, 2.05) is 6.07 Å². The minimum absolute atomic E-state index is 0.0747. The van der Waals surface area contributed by atoms with E-state index in [1.54, 1.807) is 38.1 Å². The van der Waals surface area contributed by atoms with Crippen LogP contribution < -0.4 is 0 Å². The van der Waals surface area contributed by atoms with Gasteiger partial charge in [0.1, 0.15) is 6.04 Å². The summed E-state index contributed by atoms with van der Waals surface area (Å²) in [6, 6.07) is 7.92. The number of carbonyl (C=O) groups is 2. The largest absolute Gasteiger partial charge is 0.480 e. The van der Waals surface area contributed by atoms with Crippen LogP contribution in [0.4, 0.5) is 4.79 Å². The Kier molecular flexibility index (Phi) is 4.71. The summed E-state index contributed by atoms with van der Waals surface area (Å²) in [5, 5.41) is 18.3. The lowest BCUT2D eigenvalue weighted by molar-refractivity contribution is -0.144. The summed E-state index contributed by atoms with van der Waals surface area (Å²) in [5.74, 6) is -1.41. The Labute approximate surface area is 106 Å². The molecule has 1 aromatic carbocycles. The van der Waals surface area contributed by atoms with Crippen molar-refractivity contribution in [2.45, 2.75) is 26.4 Å². The highest BCUT2D eigenvalue weighted by molar-refractivity contribution is 5.79. The van der Waals surface area contributed by atoms with Crippen molar-refractivity contribution in [3.63, 3.8) is 0 Å². The summed E-state index contributed by atoms with van der Waals surface area (Å²) < 4.78 is 0. The molecule has 0 bridgehead atoms. The van der Waals surface area contributed by atoms with Gasteiger partial charge in [0, 0.05) is 6.54 Å². The van der Waals surface area contributed by atoms with Crippen LogP contribution in [0.5, 0.6) is 0 Å². The first kappa shape index (κ1) is 14.0. The highest BCUT2D eigenvalue weighted by Gasteiger charge is 2.32. The standard InChI is InChI=1S/C13H17NO4/c1-9(2)11(12(15)16)14(13(17)18)8-10-6-4-3-5-7-10/h3-7,9,11H,8H2,1-2H3,(H,15,16)(H,17,18)/t11-/m0/s1. The minimum Gasteiger partial charge on any atom is -0.480 e. The van der Waals surface area contributed by atoms with Gasteiger partial charge in [0.15, 0.2) is 0 Å². The molecule has 0 aliphatic carbocycles. The van der Waals surface area contributed by atoms with Crippen LogP contribution in [-0.2, 0) is 11.3 Å². The van der Waals surface area contributed by atoms with E-state index < -0.39 is 18.1 Å². The molecule has 2 N–H and O–H groups in total. The van der Waals surface area contributed by atoms with Gasteiger partial charge in [-0.05, 0) is 11.5 Å². The fraction of sp³-hybridized carbons (Fsp3) is 0.385. The molecule has 0 aromatic heterocycles. The van der Waals surface area contributed by atoms with Gasteiger partial charge in [-0.15, -0.1) is 0 Å². The molecule has 0 radical (unpaired) electrons. The maximum atomic E-state index is 11.2. The van der Waals surface area contributed by atoms with Crippen LogP contribution in [0.3, 0.4) is 0 Å². The Morgan fingerprint density at radius 2 is 1.72 bits per heavy atom. The molecule has 1 aromatic rings. The Balaban J connectivity index is 2.95. The summed E-state index contributed by atoms with van der Waals surface area (Å²) in [6.07, 6.45) is -1.22. The van der Waals surface area contributed by atoms with Gasteiger partial charge < -0.3 is 10.2 Å². The first-order valence-electron chi connectivity index (χ1n) is 5.69. The Morgan fingerprint density at radius 3 is 2.11 bits per heavy atom. The van der Waals surface area contributed by atoms with E-state index in [4.69, 9.17) is 10.2 Å². The first-order valence-corrected chi connectivity index (χ1v) is 5.69. The van der Waals surface area contributed by atoms with Crippen molar-refractivity contribution < 1.29 is 19.8 Å². The summed E-state index contributed by atoms with van der Waals surface area (Å²) in [7, 11) is 0. The predicted molar refractivity (Wildman–Crippen MR) is 66.3 cm³/mol. The second-order valence-electron chi connectivity index (χ2n) is 4.42. The zero-order valence-electron chi connectivity index (χ0n) is 10.4. The normalized spacial score (nSPS) is 12.2. The molecule has 0 fully saturated rings. The number of nitrogens with zero attached hydrogens (tertiary/aromatic N) is 1. The van der Waals surface area contributed by atoms with E-state index in [2.05, 4.69) is 0 Å². The van der Waals surface area contributed by atoms with Crippen LogP contribution in [0.1, 0.15) is 19.4 Å². The number of benzene rings is 1. The molecule has 0 spiro atoms. The first-order chi connectivity index (χ1) is 8.43. The Bertz CT molecular complexity index is 416. The lowest BCUT2D eigenvalue weighted by Crippen LogP contribution is -2.47. The highest BCUT2D eigenvalue weighted by Crippen LogP contribution is 2.15. The van der Waals surface area contributed by atoms with E-state index >= 15 is 0 Å². The van der Waals surface area contributed by atoms with Crippen LogP contribution in [0, 0.1) is 5.92 Å². The van der Waals surface area contributed by atoms with Crippen LogP contribution in [0.25, 0.3) is 0 Å². The lowest BCUT2D eigenvalue weighted by atomic mass is 10.0. The van der Waals surface area contributed by atoms with E-state index in [9.17, 15) is 9.59 Å². The topological polar surface area (TPSA) is 77.8 Å². The smallest absolute Gasteiger partial charge is 0.408 e. The quantitative estimate of drug-likeness (QED) is 0.841. The SMILES string of the molecule is CC(C)[C@@H](C(=O)O)N(Cc1ccccc1)C(=O)O. The number of amides is 1. The highest BCUT2D eigenvalue weighted by atomic mass is 16.4. The molecule has 0 unspecified atom stereocenters. The van der Waals surface area contributed by atoms with E-state index in [0.29, 0.717) is 0 Å². The molecule has 0 saturated heterocycles. The second-order valence-corrected chi connectivity index (χ2v) is 4.42. The van der Waals surface area contributed by atoms with Crippen molar-refractivity contribution >= 4 is 12.1 Å². The van der Waals surface area contributed by atoms with Crippen LogP contribution in [0.2, 0.25) is 0 Å². The van der Waals surface area contributed by atoms with Gasteiger partial charge in [-0.25, -0.2) is 9.59 Å². The number of carboxylic acids is 1. The number of hydrogen-bond acceptors (Lipinski definition) is 2. The van der Waals surface area contributed by atoms with Gasteiger partial charge in [-0.1, -0.05) is 44.2 Å². The van der Waals surface area contributed by atoms with Crippen molar-refractivity contribution in [2.75, 3.05) is 0 Å². The minimum atomic E-state index is -1.22. The molecule has 5 nitrogen and oxygen atoms in total. The molecule has 1 rings (SSSR count). The third kappa shape index (κ3) is 3.48. The molecule has 1 amide bonds. The number of rotatable bonds is 5. The maximum absolute atomic E-state index is 11.2. The average molecular weight is 251 g/mol. The Hall–Kier alpha value is -2.04. The van der Waals surface area contributed by atoms with E-state index in [0.717, 1.165) is 10.5 Å². The predicted octanol–water partition coefficient (Wildman–Crippen LogP) is 2.28. The average Bonchev–Trinajstić information content (AvgIpc) is 2.28. The molecule has 1 atom stereocenters. The molecular formula is C13H17NO4. The zero-order valence-corrected chi connectivity index (χ0v) is 10.4. The molecule has 0 saturated carbocycles. The fourth-order valence-electron chi connectivity index (χ4n) is 1.84. The molecule has 5 heteroatoms. The van der Waals surface area contributed by atoms with Crippen molar-refractivity contribution in [3.8, 4) is 0 Å². The molecule has 18 heavy (non-hydrogen) atoms.